The molecular formula is C16H22N2O3S. The van der Waals surface area contributed by atoms with E-state index in [0.29, 0.717) is 32.5 Å². The molecule has 5 nitrogen and oxygen atoms in total. The minimum absolute atomic E-state index is 0.0410. The minimum atomic E-state index is -3.17. The number of carbonyl (C=O) groups is 1. The number of nitrogens with zero attached hydrogens (tertiary/aromatic N) is 2. The number of sulfonamides is 1. The molecule has 1 aliphatic rings. The van der Waals surface area contributed by atoms with Gasteiger partial charge in [0.1, 0.15) is 0 Å². The third kappa shape index (κ3) is 3.96. The van der Waals surface area contributed by atoms with Crippen molar-refractivity contribution in [3.05, 3.63) is 43.0 Å². The van der Waals surface area contributed by atoms with Crippen LogP contribution in [0, 0.1) is 5.92 Å². The summed E-state index contributed by atoms with van der Waals surface area (Å²) in [5.74, 6) is -0.0996. The molecule has 120 valence electrons. The molecule has 1 fully saturated rings. The number of para-hydroxylation sites is 1. The van der Waals surface area contributed by atoms with E-state index in [1.807, 2.05) is 30.3 Å². The van der Waals surface area contributed by atoms with Crippen LogP contribution in [0.2, 0.25) is 0 Å². The van der Waals surface area contributed by atoms with Gasteiger partial charge in [0.05, 0.1) is 6.26 Å². The summed E-state index contributed by atoms with van der Waals surface area (Å²) in [6.45, 7) is 4.99. The molecule has 1 aliphatic heterocycles. The Morgan fingerprint density at radius 3 is 2.41 bits per heavy atom. The number of rotatable bonds is 5. The summed E-state index contributed by atoms with van der Waals surface area (Å²) in [7, 11) is -3.17. The Kier molecular flexibility index (Phi) is 5.37. The van der Waals surface area contributed by atoms with Crippen molar-refractivity contribution in [2.45, 2.75) is 12.8 Å². The van der Waals surface area contributed by atoms with E-state index in [9.17, 15) is 13.2 Å². The van der Waals surface area contributed by atoms with Gasteiger partial charge in [-0.05, 0) is 25.0 Å². The molecule has 1 aromatic rings. The maximum absolute atomic E-state index is 12.8. The molecule has 0 bridgehead atoms. The van der Waals surface area contributed by atoms with Crippen molar-refractivity contribution < 1.29 is 13.2 Å². The Morgan fingerprint density at radius 2 is 1.91 bits per heavy atom. The van der Waals surface area contributed by atoms with E-state index in [-0.39, 0.29) is 11.8 Å². The van der Waals surface area contributed by atoms with Crippen LogP contribution in [-0.2, 0) is 14.8 Å². The van der Waals surface area contributed by atoms with Gasteiger partial charge < -0.3 is 4.90 Å². The first-order valence-electron chi connectivity index (χ1n) is 7.36. The van der Waals surface area contributed by atoms with Crippen LogP contribution < -0.4 is 4.90 Å². The molecule has 1 aromatic carbocycles. The maximum atomic E-state index is 12.8. The van der Waals surface area contributed by atoms with Crippen molar-refractivity contribution in [1.29, 1.82) is 0 Å². The number of carbonyl (C=O) groups excluding carboxylic acids is 1. The van der Waals surface area contributed by atoms with Gasteiger partial charge in [-0.25, -0.2) is 12.7 Å². The monoisotopic (exact) mass is 322 g/mol. The molecule has 1 heterocycles. The van der Waals surface area contributed by atoms with E-state index >= 15 is 0 Å². The molecule has 6 heteroatoms. The van der Waals surface area contributed by atoms with Crippen LogP contribution in [0.4, 0.5) is 5.69 Å². The van der Waals surface area contributed by atoms with Crippen LogP contribution in [0.25, 0.3) is 0 Å². The summed E-state index contributed by atoms with van der Waals surface area (Å²) in [6, 6.07) is 9.49. The van der Waals surface area contributed by atoms with Crippen molar-refractivity contribution in [3.8, 4) is 0 Å². The van der Waals surface area contributed by atoms with Crippen molar-refractivity contribution in [3.63, 3.8) is 0 Å². The van der Waals surface area contributed by atoms with Gasteiger partial charge in [-0.2, -0.15) is 0 Å². The van der Waals surface area contributed by atoms with Crippen molar-refractivity contribution in [1.82, 2.24) is 4.31 Å². The van der Waals surface area contributed by atoms with Gasteiger partial charge in [-0.15, -0.1) is 6.58 Å². The molecule has 1 saturated heterocycles. The lowest BCUT2D eigenvalue weighted by Gasteiger charge is -2.32. The van der Waals surface area contributed by atoms with Gasteiger partial charge in [0, 0.05) is 31.2 Å². The summed E-state index contributed by atoms with van der Waals surface area (Å²) >= 11 is 0. The largest absolute Gasteiger partial charge is 0.308 e. The average molecular weight is 322 g/mol. The minimum Gasteiger partial charge on any atom is -0.308 e. The van der Waals surface area contributed by atoms with E-state index in [0.717, 1.165) is 5.69 Å². The summed E-state index contributed by atoms with van der Waals surface area (Å²) in [6.07, 6.45) is 4.04. The predicted octanol–water partition coefficient (Wildman–Crippen LogP) is 1.88. The van der Waals surface area contributed by atoms with Gasteiger partial charge in [0.15, 0.2) is 0 Å². The van der Waals surface area contributed by atoms with E-state index in [4.69, 9.17) is 0 Å². The quantitative estimate of drug-likeness (QED) is 0.778. The highest BCUT2D eigenvalue weighted by Crippen LogP contribution is 2.24. The summed E-state index contributed by atoms with van der Waals surface area (Å²) in [5.41, 5.74) is 0.845. The van der Waals surface area contributed by atoms with Crippen LogP contribution in [0.5, 0.6) is 0 Å². The van der Waals surface area contributed by atoms with Crippen molar-refractivity contribution in [2.75, 3.05) is 30.8 Å². The number of benzene rings is 1. The first kappa shape index (κ1) is 16.7. The molecule has 0 unspecified atom stereocenters. The zero-order valence-electron chi connectivity index (χ0n) is 12.8. The molecule has 0 saturated carbocycles. The van der Waals surface area contributed by atoms with E-state index in [1.54, 1.807) is 11.0 Å². The fraction of sp³-hybridized carbons (Fsp3) is 0.438. The topological polar surface area (TPSA) is 57.7 Å². The van der Waals surface area contributed by atoms with Gasteiger partial charge in [-0.1, -0.05) is 24.3 Å². The van der Waals surface area contributed by atoms with Crippen molar-refractivity contribution in [2.24, 2.45) is 5.92 Å². The Morgan fingerprint density at radius 1 is 1.32 bits per heavy atom. The average Bonchev–Trinajstić information content (AvgIpc) is 2.52. The second-order valence-corrected chi connectivity index (χ2v) is 7.49. The van der Waals surface area contributed by atoms with Crippen LogP contribution in [-0.4, -0.2) is 44.5 Å². The highest BCUT2D eigenvalue weighted by atomic mass is 32.2. The predicted molar refractivity (Wildman–Crippen MR) is 88.1 cm³/mol. The van der Waals surface area contributed by atoms with Crippen LogP contribution in [0.15, 0.2) is 43.0 Å². The molecule has 2 rings (SSSR count). The van der Waals surface area contributed by atoms with Crippen LogP contribution in [0.3, 0.4) is 0 Å². The third-order valence-corrected chi connectivity index (χ3v) is 5.22. The Labute approximate surface area is 132 Å². The lowest BCUT2D eigenvalue weighted by molar-refractivity contribution is -0.123. The maximum Gasteiger partial charge on any atom is 0.230 e. The first-order valence-corrected chi connectivity index (χ1v) is 9.20. The van der Waals surface area contributed by atoms with Gasteiger partial charge >= 0.3 is 0 Å². The van der Waals surface area contributed by atoms with E-state index in [2.05, 4.69) is 6.58 Å². The Bertz CT molecular complexity index is 620. The van der Waals surface area contributed by atoms with Crippen LogP contribution in [0.1, 0.15) is 12.8 Å². The Balaban J connectivity index is 2.08. The first-order chi connectivity index (χ1) is 10.4. The smallest absolute Gasteiger partial charge is 0.230 e. The van der Waals surface area contributed by atoms with Crippen molar-refractivity contribution >= 4 is 21.6 Å². The normalized spacial score (nSPS) is 17.1. The molecule has 22 heavy (non-hydrogen) atoms. The summed E-state index contributed by atoms with van der Waals surface area (Å²) < 4.78 is 24.5. The third-order valence-electron chi connectivity index (χ3n) is 3.92. The highest BCUT2D eigenvalue weighted by molar-refractivity contribution is 7.88. The van der Waals surface area contributed by atoms with E-state index < -0.39 is 10.0 Å². The molecule has 0 N–H and O–H groups in total. The lowest BCUT2D eigenvalue weighted by Crippen LogP contribution is -2.44. The number of piperidine rings is 1. The van der Waals surface area contributed by atoms with Gasteiger partial charge in [0.2, 0.25) is 15.9 Å². The molecule has 0 aromatic heterocycles. The lowest BCUT2D eigenvalue weighted by atomic mass is 9.96. The molecule has 0 radical (unpaired) electrons. The fourth-order valence-electron chi connectivity index (χ4n) is 2.71. The molecular weight excluding hydrogens is 300 g/mol. The van der Waals surface area contributed by atoms with Gasteiger partial charge in [0.25, 0.3) is 0 Å². The SMILES string of the molecule is C=CCN(C(=O)C1CCN(S(C)(=O)=O)CC1)c1ccccc1. The number of amides is 1. The summed E-state index contributed by atoms with van der Waals surface area (Å²) in [5, 5.41) is 0. The van der Waals surface area contributed by atoms with E-state index in [1.165, 1.54) is 10.6 Å². The number of anilines is 1. The number of hydrogen-bond donors (Lipinski definition) is 0. The summed E-state index contributed by atoms with van der Waals surface area (Å²) in [4.78, 5) is 14.5. The van der Waals surface area contributed by atoms with Crippen LogP contribution >= 0.6 is 0 Å². The second kappa shape index (κ2) is 7.07. The Hall–Kier alpha value is -1.66. The number of hydrogen-bond acceptors (Lipinski definition) is 3. The molecule has 0 spiro atoms. The zero-order valence-corrected chi connectivity index (χ0v) is 13.6. The second-order valence-electron chi connectivity index (χ2n) is 5.51. The molecule has 1 amide bonds. The molecule has 0 aliphatic carbocycles. The zero-order chi connectivity index (χ0) is 16.2. The van der Waals surface area contributed by atoms with Gasteiger partial charge in [-0.3, -0.25) is 4.79 Å². The highest BCUT2D eigenvalue weighted by Gasteiger charge is 2.31. The molecule has 0 atom stereocenters. The standard InChI is InChI=1S/C16H22N2O3S/c1-3-11-18(15-7-5-4-6-8-15)16(19)14-9-12-17(13-10-14)22(2,20)21/h3-8,14H,1,9-13H2,2H3. The fourth-order valence-corrected chi connectivity index (χ4v) is 3.59.